The van der Waals surface area contributed by atoms with Gasteiger partial charge >= 0.3 is 0 Å². The highest BCUT2D eigenvalue weighted by molar-refractivity contribution is 5.39. The Balaban J connectivity index is 2.01. The summed E-state index contributed by atoms with van der Waals surface area (Å²) in [7, 11) is 5.45. The number of rotatable bonds is 7. The van der Waals surface area contributed by atoms with Crippen LogP contribution in [0.15, 0.2) is 18.2 Å². The Hall–Kier alpha value is -1.22. The molecule has 0 bridgehead atoms. The second kappa shape index (κ2) is 8.28. The molecule has 1 aliphatic rings. The first-order valence-electron chi connectivity index (χ1n) is 8.17. The molecular formula is C18H29NO2. The average Bonchev–Trinajstić information content (AvgIpc) is 2.56. The van der Waals surface area contributed by atoms with Gasteiger partial charge in [0.05, 0.1) is 14.2 Å². The number of ether oxygens (including phenoxy) is 2. The molecule has 0 amide bonds. The van der Waals surface area contributed by atoms with Gasteiger partial charge in [-0.2, -0.15) is 0 Å². The molecule has 3 nitrogen and oxygen atoms in total. The maximum atomic E-state index is 5.38. The lowest BCUT2D eigenvalue weighted by Crippen LogP contribution is -2.18. The maximum absolute atomic E-state index is 5.38. The molecule has 1 aliphatic carbocycles. The van der Waals surface area contributed by atoms with Crippen molar-refractivity contribution >= 4 is 0 Å². The van der Waals surface area contributed by atoms with Gasteiger partial charge in [0, 0.05) is 12.1 Å². The lowest BCUT2D eigenvalue weighted by Gasteiger charge is -2.24. The van der Waals surface area contributed by atoms with Crippen LogP contribution >= 0.6 is 0 Å². The molecule has 2 rings (SSSR count). The first kappa shape index (κ1) is 16.2. The molecule has 1 fully saturated rings. The lowest BCUT2D eigenvalue weighted by molar-refractivity contribution is 0.317. The molecule has 1 aromatic rings. The molecule has 1 atom stereocenters. The Bertz CT molecular complexity index is 405. The van der Waals surface area contributed by atoms with E-state index in [0.717, 1.165) is 17.4 Å². The normalized spacial score (nSPS) is 17.5. The number of benzene rings is 1. The molecule has 1 N–H and O–H groups in total. The van der Waals surface area contributed by atoms with Gasteiger partial charge in [0.15, 0.2) is 0 Å². The van der Waals surface area contributed by atoms with Crippen LogP contribution in [0.2, 0.25) is 0 Å². The molecule has 3 heteroatoms. The van der Waals surface area contributed by atoms with Crippen LogP contribution in [0.1, 0.15) is 56.6 Å². The highest BCUT2D eigenvalue weighted by Crippen LogP contribution is 2.32. The van der Waals surface area contributed by atoms with E-state index in [4.69, 9.17) is 9.47 Å². The minimum absolute atomic E-state index is 0.371. The summed E-state index contributed by atoms with van der Waals surface area (Å²) in [5.41, 5.74) is 1.25. The van der Waals surface area contributed by atoms with Crippen LogP contribution < -0.4 is 14.8 Å². The molecule has 0 radical (unpaired) electrons. The minimum Gasteiger partial charge on any atom is -0.497 e. The molecule has 1 aromatic carbocycles. The number of hydrogen-bond acceptors (Lipinski definition) is 3. The Morgan fingerprint density at radius 2 is 1.67 bits per heavy atom. The Morgan fingerprint density at radius 1 is 1.05 bits per heavy atom. The second-order valence-corrected chi connectivity index (χ2v) is 6.07. The number of hydrogen-bond donors (Lipinski definition) is 1. The highest BCUT2D eigenvalue weighted by atomic mass is 16.5. The fraction of sp³-hybridized carbons (Fsp3) is 0.667. The summed E-state index contributed by atoms with van der Waals surface area (Å²) in [6.07, 6.45) is 9.58. The van der Waals surface area contributed by atoms with Crippen molar-refractivity contribution in [3.05, 3.63) is 23.8 Å². The van der Waals surface area contributed by atoms with Gasteiger partial charge in [-0.05, 0) is 43.5 Å². The van der Waals surface area contributed by atoms with Gasteiger partial charge in [-0.15, -0.1) is 0 Å². The highest BCUT2D eigenvalue weighted by Gasteiger charge is 2.17. The van der Waals surface area contributed by atoms with E-state index in [1.54, 1.807) is 14.2 Å². The Kier molecular flexibility index (Phi) is 6.37. The molecule has 0 saturated heterocycles. The predicted octanol–water partition coefficient (Wildman–Crippen LogP) is 4.32. The number of methoxy groups -OCH3 is 2. The number of nitrogens with one attached hydrogen (secondary N) is 1. The van der Waals surface area contributed by atoms with E-state index < -0.39 is 0 Å². The Labute approximate surface area is 129 Å². The average molecular weight is 291 g/mol. The zero-order valence-electron chi connectivity index (χ0n) is 13.7. The van der Waals surface area contributed by atoms with Gasteiger partial charge in [0.2, 0.25) is 0 Å². The van der Waals surface area contributed by atoms with Crippen molar-refractivity contribution in [2.75, 3.05) is 21.3 Å². The molecule has 1 saturated carbocycles. The summed E-state index contributed by atoms with van der Waals surface area (Å²) in [6.45, 7) is 0. The molecule has 118 valence electrons. The summed E-state index contributed by atoms with van der Waals surface area (Å²) in [5, 5.41) is 3.45. The van der Waals surface area contributed by atoms with E-state index >= 15 is 0 Å². The van der Waals surface area contributed by atoms with Crippen molar-refractivity contribution in [2.24, 2.45) is 5.92 Å². The third-order valence-corrected chi connectivity index (χ3v) is 4.71. The molecular weight excluding hydrogens is 262 g/mol. The predicted molar refractivity (Wildman–Crippen MR) is 87.2 cm³/mol. The molecule has 0 aromatic heterocycles. The van der Waals surface area contributed by atoms with Gasteiger partial charge < -0.3 is 14.8 Å². The van der Waals surface area contributed by atoms with Crippen LogP contribution in [0, 0.1) is 5.92 Å². The standard InChI is InChI=1S/C18H29NO2/c1-19-18(10-9-14-7-5-4-6-8-14)15-11-16(20-2)13-17(12-15)21-3/h11-14,18-19H,4-10H2,1-3H3. The van der Waals surface area contributed by atoms with Gasteiger partial charge in [-0.1, -0.05) is 32.1 Å². The van der Waals surface area contributed by atoms with Gasteiger partial charge in [-0.25, -0.2) is 0 Å². The van der Waals surface area contributed by atoms with Crippen LogP contribution in [0.4, 0.5) is 0 Å². The summed E-state index contributed by atoms with van der Waals surface area (Å²) in [6, 6.07) is 6.53. The molecule has 0 aliphatic heterocycles. The van der Waals surface area contributed by atoms with Gasteiger partial charge in [0.25, 0.3) is 0 Å². The summed E-state index contributed by atoms with van der Waals surface area (Å²) >= 11 is 0. The largest absolute Gasteiger partial charge is 0.497 e. The van der Waals surface area contributed by atoms with Crippen molar-refractivity contribution < 1.29 is 9.47 Å². The first-order valence-corrected chi connectivity index (χ1v) is 8.17. The topological polar surface area (TPSA) is 30.5 Å². The van der Waals surface area contributed by atoms with Crippen molar-refractivity contribution in [1.29, 1.82) is 0 Å². The van der Waals surface area contributed by atoms with E-state index in [-0.39, 0.29) is 0 Å². The van der Waals surface area contributed by atoms with Crippen LogP contribution in [0.5, 0.6) is 11.5 Å². The molecule has 0 heterocycles. The van der Waals surface area contributed by atoms with E-state index in [2.05, 4.69) is 17.4 Å². The van der Waals surface area contributed by atoms with Crippen molar-refractivity contribution in [1.82, 2.24) is 5.32 Å². The van der Waals surface area contributed by atoms with Crippen molar-refractivity contribution in [2.45, 2.75) is 51.0 Å². The summed E-state index contributed by atoms with van der Waals surface area (Å²) < 4.78 is 10.8. The van der Waals surface area contributed by atoms with E-state index in [1.165, 1.54) is 50.5 Å². The quantitative estimate of drug-likeness (QED) is 0.811. The zero-order valence-corrected chi connectivity index (χ0v) is 13.7. The summed E-state index contributed by atoms with van der Waals surface area (Å²) in [4.78, 5) is 0. The van der Waals surface area contributed by atoms with Gasteiger partial charge in [-0.3, -0.25) is 0 Å². The fourth-order valence-corrected chi connectivity index (χ4v) is 3.39. The van der Waals surface area contributed by atoms with E-state index in [0.29, 0.717) is 6.04 Å². The third-order valence-electron chi connectivity index (χ3n) is 4.71. The van der Waals surface area contributed by atoms with E-state index in [1.807, 2.05) is 13.1 Å². The van der Waals surface area contributed by atoms with Crippen molar-refractivity contribution in [3.63, 3.8) is 0 Å². The molecule has 0 spiro atoms. The second-order valence-electron chi connectivity index (χ2n) is 6.07. The minimum atomic E-state index is 0.371. The van der Waals surface area contributed by atoms with Crippen LogP contribution in [0.3, 0.4) is 0 Å². The SMILES string of the molecule is CNC(CCC1CCCCC1)c1cc(OC)cc(OC)c1. The zero-order chi connectivity index (χ0) is 15.1. The monoisotopic (exact) mass is 291 g/mol. The molecule has 21 heavy (non-hydrogen) atoms. The Morgan fingerprint density at radius 3 is 2.19 bits per heavy atom. The van der Waals surface area contributed by atoms with Crippen molar-refractivity contribution in [3.8, 4) is 11.5 Å². The van der Waals surface area contributed by atoms with Crippen LogP contribution in [-0.2, 0) is 0 Å². The van der Waals surface area contributed by atoms with Crippen LogP contribution in [0.25, 0.3) is 0 Å². The van der Waals surface area contributed by atoms with E-state index in [9.17, 15) is 0 Å². The molecule has 1 unspecified atom stereocenters. The van der Waals surface area contributed by atoms with Gasteiger partial charge in [0.1, 0.15) is 11.5 Å². The summed E-state index contributed by atoms with van der Waals surface area (Å²) in [5.74, 6) is 2.65. The van der Waals surface area contributed by atoms with Crippen LogP contribution in [-0.4, -0.2) is 21.3 Å². The smallest absolute Gasteiger partial charge is 0.122 e. The third kappa shape index (κ3) is 4.63. The maximum Gasteiger partial charge on any atom is 0.122 e. The fourth-order valence-electron chi connectivity index (χ4n) is 3.39. The lowest BCUT2D eigenvalue weighted by atomic mass is 9.84. The first-order chi connectivity index (χ1) is 10.3.